The van der Waals surface area contributed by atoms with Crippen molar-refractivity contribution >= 4 is 33.5 Å². The molecule has 1 amide bonds. The lowest BCUT2D eigenvalue weighted by Gasteiger charge is -2.35. The summed E-state index contributed by atoms with van der Waals surface area (Å²) in [4.78, 5) is 23.8. The van der Waals surface area contributed by atoms with Gasteiger partial charge in [0.25, 0.3) is 0 Å². The molecule has 1 saturated heterocycles. The van der Waals surface area contributed by atoms with E-state index >= 15 is 0 Å². The van der Waals surface area contributed by atoms with Crippen molar-refractivity contribution in [2.24, 2.45) is 5.92 Å². The molecule has 1 N–H and O–H groups in total. The van der Waals surface area contributed by atoms with Gasteiger partial charge in [-0.3, -0.25) is 9.89 Å². The standard InChI is InChI=1S/C18H19F3N6O/c1-26(10-18(19,20)21)17(28)11-3-6-27(7-4-11)14-9-24-25-13-8-23-16-12(15(13)14)2-5-22-16/h2,5,8-9,11,25H,3-4,6-7,10H2,1H3. The molecule has 0 aromatic carbocycles. The van der Waals surface area contributed by atoms with Crippen molar-refractivity contribution in [2.45, 2.75) is 19.0 Å². The van der Waals surface area contributed by atoms with Crippen LogP contribution in [0.25, 0.3) is 21.9 Å². The van der Waals surface area contributed by atoms with Gasteiger partial charge < -0.3 is 9.80 Å². The van der Waals surface area contributed by atoms with Crippen LogP contribution in [0.3, 0.4) is 0 Å². The van der Waals surface area contributed by atoms with E-state index in [2.05, 4.69) is 25.1 Å². The molecule has 3 aromatic rings. The van der Waals surface area contributed by atoms with Crippen LogP contribution in [0, 0.1) is 5.92 Å². The van der Waals surface area contributed by atoms with Gasteiger partial charge in [-0.25, -0.2) is 9.97 Å². The van der Waals surface area contributed by atoms with Crippen molar-refractivity contribution < 1.29 is 18.0 Å². The van der Waals surface area contributed by atoms with Crippen molar-refractivity contribution in [3.8, 4) is 0 Å². The average Bonchev–Trinajstić information content (AvgIpc) is 3.15. The molecule has 1 aliphatic heterocycles. The predicted octanol–water partition coefficient (Wildman–Crippen LogP) is 2.74. The van der Waals surface area contributed by atoms with Crippen LogP contribution in [-0.2, 0) is 4.79 Å². The van der Waals surface area contributed by atoms with Crippen molar-refractivity contribution in [3.63, 3.8) is 0 Å². The molecular formula is C18H19F3N6O. The topological polar surface area (TPSA) is 78.0 Å². The number of aromatic nitrogens is 4. The number of aromatic amines is 1. The second-order valence-electron chi connectivity index (χ2n) is 7.06. The van der Waals surface area contributed by atoms with Crippen LogP contribution in [-0.4, -0.2) is 63.8 Å². The number of nitrogens with one attached hydrogen (secondary N) is 1. The first-order valence-electron chi connectivity index (χ1n) is 8.97. The van der Waals surface area contributed by atoms with Crippen LogP contribution in [0.1, 0.15) is 12.8 Å². The van der Waals surface area contributed by atoms with Gasteiger partial charge in [0, 0.05) is 43.0 Å². The maximum absolute atomic E-state index is 12.5. The number of hydrogen-bond donors (Lipinski definition) is 1. The van der Waals surface area contributed by atoms with E-state index in [4.69, 9.17) is 0 Å². The van der Waals surface area contributed by atoms with Gasteiger partial charge in [0.1, 0.15) is 6.54 Å². The Morgan fingerprint density at radius 3 is 2.75 bits per heavy atom. The van der Waals surface area contributed by atoms with Crippen LogP contribution in [0.15, 0.2) is 24.7 Å². The number of halogens is 3. The summed E-state index contributed by atoms with van der Waals surface area (Å²) >= 11 is 0. The van der Waals surface area contributed by atoms with E-state index in [1.807, 2.05) is 6.07 Å². The summed E-state index contributed by atoms with van der Waals surface area (Å²) in [6.07, 6.45) is 1.71. The number of nitrogens with zero attached hydrogens (tertiary/aromatic N) is 5. The van der Waals surface area contributed by atoms with Gasteiger partial charge in [-0.15, -0.1) is 0 Å². The molecule has 0 spiro atoms. The van der Waals surface area contributed by atoms with E-state index in [1.165, 1.54) is 7.05 Å². The van der Waals surface area contributed by atoms with Crippen molar-refractivity contribution in [3.05, 3.63) is 24.7 Å². The van der Waals surface area contributed by atoms with Crippen molar-refractivity contribution in [2.75, 3.05) is 31.6 Å². The summed E-state index contributed by atoms with van der Waals surface area (Å²) in [5.41, 5.74) is 2.33. The molecule has 4 heterocycles. The minimum absolute atomic E-state index is 0.402. The van der Waals surface area contributed by atoms with Crippen LogP contribution in [0.2, 0.25) is 0 Å². The lowest BCUT2D eigenvalue weighted by molar-refractivity contribution is -0.161. The third-order valence-corrected chi connectivity index (χ3v) is 5.14. The van der Waals surface area contributed by atoms with Crippen molar-refractivity contribution in [1.29, 1.82) is 0 Å². The number of H-pyrrole nitrogens is 1. The van der Waals surface area contributed by atoms with E-state index in [-0.39, 0.29) is 0 Å². The largest absolute Gasteiger partial charge is 0.406 e. The van der Waals surface area contributed by atoms with Gasteiger partial charge in [-0.1, -0.05) is 0 Å². The zero-order chi connectivity index (χ0) is 19.9. The molecule has 4 rings (SSSR count). The number of pyridine rings is 1. The highest BCUT2D eigenvalue weighted by Crippen LogP contribution is 2.33. The molecular weight excluding hydrogens is 373 g/mol. The Kier molecular flexibility index (Phi) is 4.56. The highest BCUT2D eigenvalue weighted by atomic mass is 19.4. The number of hydrogen-bond acceptors (Lipinski definition) is 5. The second-order valence-corrected chi connectivity index (χ2v) is 7.06. The molecule has 0 unspecified atom stereocenters. The number of carbonyl (C=O) groups excluding carboxylic acids is 1. The van der Waals surface area contributed by atoms with Crippen LogP contribution in [0.4, 0.5) is 18.9 Å². The molecule has 3 aromatic heterocycles. The quantitative estimate of drug-likeness (QED) is 0.742. The minimum Gasteiger partial charge on any atom is -0.370 e. The molecule has 28 heavy (non-hydrogen) atoms. The average molecular weight is 392 g/mol. The summed E-state index contributed by atoms with van der Waals surface area (Å²) in [5, 5.41) is 8.98. The van der Waals surface area contributed by atoms with Gasteiger partial charge in [0.05, 0.1) is 23.6 Å². The molecule has 10 heteroatoms. The van der Waals surface area contributed by atoms with E-state index in [0.29, 0.717) is 31.6 Å². The second kappa shape index (κ2) is 6.92. The maximum atomic E-state index is 12.5. The maximum Gasteiger partial charge on any atom is 0.406 e. The fourth-order valence-corrected chi connectivity index (χ4v) is 3.81. The Morgan fingerprint density at radius 1 is 1.29 bits per heavy atom. The summed E-state index contributed by atoms with van der Waals surface area (Å²) < 4.78 is 37.6. The fourth-order valence-electron chi connectivity index (χ4n) is 3.81. The molecule has 0 atom stereocenters. The normalized spacial score (nSPS) is 16.1. The van der Waals surface area contributed by atoms with Gasteiger partial charge in [-0.2, -0.15) is 18.3 Å². The monoisotopic (exact) mass is 392 g/mol. The smallest absolute Gasteiger partial charge is 0.370 e. The number of alkyl halides is 3. The van der Waals surface area contributed by atoms with E-state index in [0.717, 1.165) is 26.9 Å². The minimum atomic E-state index is -4.39. The number of rotatable bonds is 3. The molecule has 1 fully saturated rings. The Morgan fingerprint density at radius 2 is 2.04 bits per heavy atom. The van der Waals surface area contributed by atoms with Crippen LogP contribution >= 0.6 is 0 Å². The first kappa shape index (κ1) is 18.5. The summed E-state index contributed by atoms with van der Waals surface area (Å²) in [6, 6.07) is 1.89. The fraction of sp³-hybridized carbons (Fsp3) is 0.444. The summed E-state index contributed by atoms with van der Waals surface area (Å²) in [7, 11) is 1.21. The molecule has 0 aliphatic carbocycles. The highest BCUT2D eigenvalue weighted by molar-refractivity contribution is 6.09. The van der Waals surface area contributed by atoms with Crippen LogP contribution in [0.5, 0.6) is 0 Å². The molecule has 0 radical (unpaired) electrons. The third kappa shape index (κ3) is 3.46. The molecule has 0 saturated carbocycles. The molecule has 1 aliphatic rings. The Bertz CT molecular complexity index is 1010. The number of amides is 1. The lowest BCUT2D eigenvalue weighted by atomic mass is 9.94. The molecule has 148 valence electrons. The van der Waals surface area contributed by atoms with E-state index in [9.17, 15) is 18.0 Å². The van der Waals surface area contributed by atoms with Crippen molar-refractivity contribution in [1.82, 2.24) is 25.1 Å². The van der Waals surface area contributed by atoms with Crippen LogP contribution < -0.4 is 4.90 Å². The Labute approximate surface area is 158 Å². The number of piperidine rings is 1. The highest BCUT2D eigenvalue weighted by Gasteiger charge is 2.34. The molecule has 7 nitrogen and oxygen atoms in total. The Balaban J connectivity index is 1.53. The zero-order valence-electron chi connectivity index (χ0n) is 15.2. The van der Waals surface area contributed by atoms with Gasteiger partial charge in [0.2, 0.25) is 5.91 Å². The van der Waals surface area contributed by atoms with Gasteiger partial charge in [0.15, 0.2) is 5.65 Å². The number of carbonyl (C=O) groups is 1. The SMILES string of the molecule is CN(CC(F)(F)F)C(=O)C1CCN(c2cn[nH]c3cnc4nccc4c23)CC1. The lowest BCUT2D eigenvalue weighted by Crippen LogP contribution is -2.44. The van der Waals surface area contributed by atoms with E-state index < -0.39 is 24.5 Å². The first-order chi connectivity index (χ1) is 13.3. The van der Waals surface area contributed by atoms with E-state index in [1.54, 1.807) is 18.6 Å². The zero-order valence-corrected chi connectivity index (χ0v) is 15.2. The third-order valence-electron chi connectivity index (χ3n) is 5.14. The van der Waals surface area contributed by atoms with Gasteiger partial charge in [-0.05, 0) is 18.9 Å². The predicted molar refractivity (Wildman–Crippen MR) is 97.8 cm³/mol. The first-order valence-corrected chi connectivity index (χ1v) is 8.97. The Hall–Kier alpha value is -2.91. The number of fused-ring (bicyclic) bond motifs is 3. The summed E-state index contributed by atoms with van der Waals surface area (Å²) in [6.45, 7) is -0.0892. The summed E-state index contributed by atoms with van der Waals surface area (Å²) in [5.74, 6) is -0.853. The van der Waals surface area contributed by atoms with Gasteiger partial charge >= 0.3 is 6.18 Å². The number of anilines is 1. The molecule has 0 bridgehead atoms.